The molecule has 0 rings (SSSR count). The van der Waals surface area contributed by atoms with Crippen LogP contribution in [0.5, 0.6) is 0 Å². The van der Waals surface area contributed by atoms with Gasteiger partial charge in [-0.25, -0.2) is 0 Å². The Morgan fingerprint density at radius 2 is 1.19 bits per heavy atom. The van der Waals surface area contributed by atoms with Gasteiger partial charge < -0.3 is 0 Å². The van der Waals surface area contributed by atoms with Crippen molar-refractivity contribution in [2.75, 3.05) is 5.88 Å². The van der Waals surface area contributed by atoms with Crippen molar-refractivity contribution in [2.24, 2.45) is 0 Å². The molecule has 0 aliphatic heterocycles. The van der Waals surface area contributed by atoms with Crippen molar-refractivity contribution in [2.45, 2.75) is 77.6 Å². The first kappa shape index (κ1) is 16.0. The quantitative estimate of drug-likeness (QED) is 0.221. The third kappa shape index (κ3) is 14.0. The minimum atomic E-state index is 0.821. The zero-order chi connectivity index (χ0) is 11.9. The molecule has 0 nitrogen and oxygen atoms in total. The van der Waals surface area contributed by atoms with Crippen LogP contribution in [0.2, 0.25) is 0 Å². The Morgan fingerprint density at radius 1 is 0.688 bits per heavy atom. The number of rotatable bonds is 12. The molecule has 0 aromatic rings. The highest BCUT2D eigenvalue weighted by molar-refractivity contribution is 6.17. The van der Waals surface area contributed by atoms with Crippen LogP contribution in [0.15, 0.2) is 12.2 Å². The van der Waals surface area contributed by atoms with E-state index in [1.54, 1.807) is 0 Å². The van der Waals surface area contributed by atoms with E-state index in [1.165, 1.54) is 70.6 Å². The van der Waals surface area contributed by atoms with Gasteiger partial charge in [0.2, 0.25) is 0 Å². The van der Waals surface area contributed by atoms with E-state index in [0.717, 1.165) is 5.88 Å². The van der Waals surface area contributed by atoms with Crippen LogP contribution in [0.3, 0.4) is 0 Å². The van der Waals surface area contributed by atoms with Crippen LogP contribution < -0.4 is 0 Å². The number of hydrogen-bond acceptors (Lipinski definition) is 0. The largest absolute Gasteiger partial charge is 0.127 e. The summed E-state index contributed by atoms with van der Waals surface area (Å²) in [6.07, 6.45) is 19.4. The Morgan fingerprint density at radius 3 is 1.75 bits per heavy atom. The highest BCUT2D eigenvalue weighted by Gasteiger charge is 1.88. The second kappa shape index (κ2) is 15.0. The van der Waals surface area contributed by atoms with Crippen molar-refractivity contribution in [3.8, 4) is 0 Å². The molecular formula is C15H29Cl. The Balaban J connectivity index is 2.98. The molecule has 0 heterocycles. The van der Waals surface area contributed by atoms with E-state index < -0.39 is 0 Å². The summed E-state index contributed by atoms with van der Waals surface area (Å²) in [5, 5.41) is 0. The first-order valence-corrected chi connectivity index (χ1v) is 7.66. The lowest BCUT2D eigenvalue weighted by molar-refractivity contribution is 0.611. The molecule has 0 amide bonds. The summed E-state index contributed by atoms with van der Waals surface area (Å²) in [5.41, 5.74) is 0. The van der Waals surface area contributed by atoms with E-state index in [-0.39, 0.29) is 0 Å². The summed E-state index contributed by atoms with van der Waals surface area (Å²) in [7, 11) is 0. The van der Waals surface area contributed by atoms with Gasteiger partial charge in [-0.1, -0.05) is 57.6 Å². The van der Waals surface area contributed by atoms with Gasteiger partial charge in [0.05, 0.1) is 0 Å². The fourth-order valence-corrected chi connectivity index (χ4v) is 2.00. The summed E-state index contributed by atoms with van der Waals surface area (Å²) >= 11 is 5.62. The lowest BCUT2D eigenvalue weighted by Crippen LogP contribution is -1.78. The van der Waals surface area contributed by atoms with E-state index in [1.807, 2.05) is 0 Å². The van der Waals surface area contributed by atoms with Crippen molar-refractivity contribution < 1.29 is 0 Å². The van der Waals surface area contributed by atoms with Gasteiger partial charge in [0.15, 0.2) is 0 Å². The smallest absolute Gasteiger partial charge is 0.0223 e. The van der Waals surface area contributed by atoms with E-state index >= 15 is 0 Å². The molecule has 0 aliphatic carbocycles. The highest BCUT2D eigenvalue weighted by Crippen LogP contribution is 2.08. The van der Waals surface area contributed by atoms with Gasteiger partial charge >= 0.3 is 0 Å². The summed E-state index contributed by atoms with van der Waals surface area (Å²) in [4.78, 5) is 0. The number of alkyl halides is 1. The monoisotopic (exact) mass is 244 g/mol. The van der Waals surface area contributed by atoms with Crippen LogP contribution in [-0.2, 0) is 0 Å². The Bertz CT molecular complexity index is 140. The zero-order valence-electron chi connectivity index (χ0n) is 11.0. The fraction of sp³-hybridized carbons (Fsp3) is 0.867. The predicted molar refractivity (Wildman–Crippen MR) is 76.3 cm³/mol. The molecule has 0 spiro atoms. The molecule has 0 radical (unpaired) electrons. The molecule has 1 heteroatoms. The topological polar surface area (TPSA) is 0 Å². The van der Waals surface area contributed by atoms with Crippen LogP contribution in [0.25, 0.3) is 0 Å². The molecule has 0 aliphatic rings. The molecule has 96 valence electrons. The summed E-state index contributed by atoms with van der Waals surface area (Å²) in [6.45, 7) is 2.27. The van der Waals surface area contributed by atoms with Crippen LogP contribution in [0, 0.1) is 0 Å². The molecule has 0 N–H and O–H groups in total. The summed E-state index contributed by atoms with van der Waals surface area (Å²) < 4.78 is 0. The molecule has 0 unspecified atom stereocenters. The molecular weight excluding hydrogens is 216 g/mol. The maximum atomic E-state index is 5.62. The van der Waals surface area contributed by atoms with E-state index in [4.69, 9.17) is 11.6 Å². The van der Waals surface area contributed by atoms with Crippen molar-refractivity contribution >= 4 is 11.6 Å². The molecule has 0 bridgehead atoms. The van der Waals surface area contributed by atoms with E-state index in [2.05, 4.69) is 19.1 Å². The van der Waals surface area contributed by atoms with Gasteiger partial charge in [-0.2, -0.15) is 0 Å². The SMILES string of the molecule is CCCCCCCC/C=C\CCCCCCl. The minimum Gasteiger partial charge on any atom is -0.127 e. The fourth-order valence-electron chi connectivity index (χ4n) is 1.81. The van der Waals surface area contributed by atoms with Gasteiger partial charge in [0, 0.05) is 5.88 Å². The minimum absolute atomic E-state index is 0.821. The van der Waals surface area contributed by atoms with Gasteiger partial charge in [-0.3, -0.25) is 0 Å². The molecule has 0 saturated carbocycles. The number of unbranched alkanes of at least 4 members (excludes halogenated alkanes) is 9. The molecule has 16 heavy (non-hydrogen) atoms. The van der Waals surface area contributed by atoms with Crippen LogP contribution >= 0.6 is 11.6 Å². The van der Waals surface area contributed by atoms with E-state index in [0.29, 0.717) is 0 Å². The standard InChI is InChI=1S/C15H29Cl/c1-2-3-4-5-6-7-8-9-10-11-12-13-14-15-16/h9-10H,2-8,11-15H2,1H3/b10-9-. The van der Waals surface area contributed by atoms with Crippen molar-refractivity contribution in [3.05, 3.63) is 12.2 Å². The molecule has 0 fully saturated rings. The second-order valence-electron chi connectivity index (χ2n) is 4.57. The average molecular weight is 245 g/mol. The first-order valence-electron chi connectivity index (χ1n) is 7.12. The molecule has 0 atom stereocenters. The normalized spacial score (nSPS) is 11.4. The predicted octanol–water partition coefficient (Wildman–Crippen LogP) is 6.09. The summed E-state index contributed by atoms with van der Waals surface area (Å²) in [5.74, 6) is 0.821. The molecule has 0 aromatic heterocycles. The Kier molecular flexibility index (Phi) is 15.1. The van der Waals surface area contributed by atoms with Crippen LogP contribution in [0.4, 0.5) is 0 Å². The lowest BCUT2D eigenvalue weighted by Gasteiger charge is -1.97. The number of halogens is 1. The molecule has 0 aromatic carbocycles. The van der Waals surface area contributed by atoms with Crippen LogP contribution in [-0.4, -0.2) is 5.88 Å². The van der Waals surface area contributed by atoms with Gasteiger partial charge in [0.1, 0.15) is 0 Å². The van der Waals surface area contributed by atoms with Gasteiger partial charge in [0.25, 0.3) is 0 Å². The molecule has 0 saturated heterocycles. The van der Waals surface area contributed by atoms with Crippen molar-refractivity contribution in [3.63, 3.8) is 0 Å². The lowest BCUT2D eigenvalue weighted by atomic mass is 10.1. The Labute approximate surface area is 107 Å². The Hall–Kier alpha value is 0.0300. The average Bonchev–Trinajstić information content (AvgIpc) is 2.31. The number of hydrogen-bond donors (Lipinski definition) is 0. The van der Waals surface area contributed by atoms with E-state index in [9.17, 15) is 0 Å². The van der Waals surface area contributed by atoms with Gasteiger partial charge in [-0.15, -0.1) is 11.6 Å². The van der Waals surface area contributed by atoms with Crippen molar-refractivity contribution in [1.82, 2.24) is 0 Å². The van der Waals surface area contributed by atoms with Crippen molar-refractivity contribution in [1.29, 1.82) is 0 Å². The first-order chi connectivity index (χ1) is 7.91. The third-order valence-electron chi connectivity index (χ3n) is 2.90. The van der Waals surface area contributed by atoms with Crippen LogP contribution in [0.1, 0.15) is 77.6 Å². The third-order valence-corrected chi connectivity index (χ3v) is 3.16. The van der Waals surface area contributed by atoms with Gasteiger partial charge in [-0.05, 0) is 32.1 Å². The maximum absolute atomic E-state index is 5.62. The summed E-state index contributed by atoms with van der Waals surface area (Å²) in [6, 6.07) is 0. The zero-order valence-corrected chi connectivity index (χ0v) is 11.8. The second-order valence-corrected chi connectivity index (χ2v) is 4.94. The maximum Gasteiger partial charge on any atom is 0.0223 e. The number of allylic oxidation sites excluding steroid dienone is 2. The highest BCUT2D eigenvalue weighted by atomic mass is 35.5.